The van der Waals surface area contributed by atoms with Crippen molar-refractivity contribution in [2.75, 3.05) is 0 Å². The lowest BCUT2D eigenvalue weighted by atomic mass is 10.0. The average Bonchev–Trinajstić information content (AvgIpc) is 3.27. The fourth-order valence-electron chi connectivity index (χ4n) is 3.44. The van der Waals surface area contributed by atoms with Crippen molar-refractivity contribution in [1.29, 1.82) is 0 Å². The van der Waals surface area contributed by atoms with E-state index in [1.54, 1.807) is 31.2 Å². The fraction of sp³-hybridized carbons (Fsp3) is 0.240. The molecule has 0 bridgehead atoms. The summed E-state index contributed by atoms with van der Waals surface area (Å²) in [5.41, 5.74) is 3.65. The van der Waals surface area contributed by atoms with Gasteiger partial charge in [0.15, 0.2) is 0 Å². The van der Waals surface area contributed by atoms with Gasteiger partial charge in [0.05, 0.1) is 11.1 Å². The van der Waals surface area contributed by atoms with E-state index in [4.69, 9.17) is 4.42 Å². The van der Waals surface area contributed by atoms with Crippen LogP contribution in [0.5, 0.6) is 0 Å². The van der Waals surface area contributed by atoms with Crippen LogP contribution in [-0.2, 0) is 4.79 Å². The summed E-state index contributed by atoms with van der Waals surface area (Å²) < 4.78 is 18.8. The maximum atomic E-state index is 13.1. The third-order valence-corrected chi connectivity index (χ3v) is 5.20. The summed E-state index contributed by atoms with van der Waals surface area (Å²) in [5, 5.41) is 17.7. The molecule has 0 radical (unpaired) electrons. The average molecular weight is 480 g/mol. The molecule has 9 nitrogen and oxygen atoms in total. The van der Waals surface area contributed by atoms with E-state index in [0.717, 1.165) is 0 Å². The number of rotatable bonds is 9. The number of hydrogen-bond acceptors (Lipinski definition) is 6. The van der Waals surface area contributed by atoms with E-state index < -0.39 is 28.6 Å². The van der Waals surface area contributed by atoms with Gasteiger partial charge >= 0.3 is 0 Å². The van der Waals surface area contributed by atoms with Crippen LogP contribution >= 0.6 is 0 Å². The molecule has 1 aromatic heterocycles. The summed E-state index contributed by atoms with van der Waals surface area (Å²) in [5.74, 6) is -0.641. The highest BCUT2D eigenvalue weighted by molar-refractivity contribution is 5.97. The van der Waals surface area contributed by atoms with Crippen molar-refractivity contribution in [3.63, 3.8) is 0 Å². The number of hydrazone groups is 1. The first-order chi connectivity index (χ1) is 16.7. The quantitative estimate of drug-likeness (QED) is 0.263. The fourth-order valence-corrected chi connectivity index (χ4v) is 3.44. The molecule has 0 saturated heterocycles. The van der Waals surface area contributed by atoms with Crippen LogP contribution in [0.4, 0.5) is 10.1 Å². The summed E-state index contributed by atoms with van der Waals surface area (Å²) in [7, 11) is 0. The number of halogens is 1. The molecular weight excluding hydrogens is 455 g/mol. The van der Waals surface area contributed by atoms with Crippen LogP contribution in [-0.4, -0.2) is 29.0 Å². The van der Waals surface area contributed by atoms with Crippen molar-refractivity contribution in [2.24, 2.45) is 11.0 Å². The lowest BCUT2D eigenvalue weighted by Crippen LogP contribution is -2.46. The normalized spacial score (nSPS) is 12.0. The molecular formula is C25H25FN4O5. The highest BCUT2D eigenvalue weighted by Crippen LogP contribution is 2.30. The van der Waals surface area contributed by atoms with E-state index in [1.165, 1.54) is 36.5 Å². The monoisotopic (exact) mass is 480 g/mol. The Kier molecular flexibility index (Phi) is 8.08. The summed E-state index contributed by atoms with van der Waals surface area (Å²) in [6.45, 7) is 5.46. The molecule has 2 amide bonds. The van der Waals surface area contributed by atoms with Gasteiger partial charge in [-0.15, -0.1) is 0 Å². The summed E-state index contributed by atoms with van der Waals surface area (Å²) in [6.07, 6.45) is 1.66. The number of hydrogen-bond donors (Lipinski definition) is 2. The van der Waals surface area contributed by atoms with Crippen LogP contribution in [0.15, 0.2) is 64.1 Å². The van der Waals surface area contributed by atoms with Crippen molar-refractivity contribution in [2.45, 2.75) is 33.2 Å². The number of carbonyl (C=O) groups is 2. The molecule has 10 heteroatoms. The highest BCUT2D eigenvalue weighted by Gasteiger charge is 2.22. The van der Waals surface area contributed by atoms with E-state index in [9.17, 15) is 24.1 Å². The number of nitro benzene ring substituents is 1. The lowest BCUT2D eigenvalue weighted by Gasteiger charge is -2.19. The van der Waals surface area contributed by atoms with Crippen LogP contribution < -0.4 is 10.7 Å². The molecule has 1 atom stereocenters. The third kappa shape index (κ3) is 6.59. The lowest BCUT2D eigenvalue weighted by molar-refractivity contribution is -0.385. The van der Waals surface area contributed by atoms with E-state index in [1.807, 2.05) is 13.8 Å². The van der Waals surface area contributed by atoms with E-state index >= 15 is 0 Å². The molecule has 0 fully saturated rings. The smallest absolute Gasteiger partial charge is 0.273 e. The molecule has 0 spiro atoms. The number of nitro groups is 1. The maximum Gasteiger partial charge on any atom is 0.273 e. The van der Waals surface area contributed by atoms with Gasteiger partial charge in [-0.2, -0.15) is 5.10 Å². The minimum atomic E-state index is -0.857. The zero-order valence-corrected chi connectivity index (χ0v) is 19.4. The Bertz CT molecular complexity index is 1250. The van der Waals surface area contributed by atoms with Crippen LogP contribution in [0.2, 0.25) is 0 Å². The van der Waals surface area contributed by atoms with Gasteiger partial charge in [-0.05, 0) is 55.7 Å². The van der Waals surface area contributed by atoms with Crippen LogP contribution in [0.25, 0.3) is 11.3 Å². The second kappa shape index (κ2) is 11.2. The Morgan fingerprint density at radius 1 is 1.14 bits per heavy atom. The van der Waals surface area contributed by atoms with Gasteiger partial charge in [0.2, 0.25) is 0 Å². The van der Waals surface area contributed by atoms with Crippen LogP contribution in [0.1, 0.15) is 41.9 Å². The standard InChI is InChI=1S/C25H25FN4O5/c1-15(2)13-21(28-24(31)17-7-9-18(26)10-8-17)25(32)29-27-14-19-11-12-23(35-19)20-5-4-6-22(16(20)3)30(33)34/h4-12,14-15,21H,13H2,1-3H3,(H,28,31)(H,29,32)/b27-14-/t21-/m0/s1. The minimum Gasteiger partial charge on any atom is -0.455 e. The zero-order chi connectivity index (χ0) is 25.5. The second-order valence-corrected chi connectivity index (χ2v) is 8.31. The Morgan fingerprint density at radius 3 is 2.51 bits per heavy atom. The van der Waals surface area contributed by atoms with Crippen LogP contribution in [0, 0.1) is 28.8 Å². The predicted octanol–water partition coefficient (Wildman–Crippen LogP) is 4.60. The van der Waals surface area contributed by atoms with Crippen molar-refractivity contribution in [3.8, 4) is 11.3 Å². The van der Waals surface area contributed by atoms with Gasteiger partial charge in [-0.3, -0.25) is 19.7 Å². The maximum absolute atomic E-state index is 13.1. The molecule has 0 aliphatic heterocycles. The number of furan rings is 1. The summed E-state index contributed by atoms with van der Waals surface area (Å²) >= 11 is 0. The molecule has 2 aromatic carbocycles. The van der Waals surface area contributed by atoms with Gasteiger partial charge in [-0.1, -0.05) is 26.0 Å². The van der Waals surface area contributed by atoms with Crippen LogP contribution in [0.3, 0.4) is 0 Å². The second-order valence-electron chi connectivity index (χ2n) is 8.31. The largest absolute Gasteiger partial charge is 0.455 e. The molecule has 0 aliphatic carbocycles. The molecule has 182 valence electrons. The Morgan fingerprint density at radius 2 is 1.86 bits per heavy atom. The summed E-state index contributed by atoms with van der Waals surface area (Å²) in [4.78, 5) is 35.9. The first kappa shape index (κ1) is 25.3. The molecule has 1 heterocycles. The number of amides is 2. The Balaban J connectivity index is 1.67. The Hall–Kier alpha value is -4.34. The van der Waals surface area contributed by atoms with E-state index in [-0.39, 0.29) is 17.2 Å². The zero-order valence-electron chi connectivity index (χ0n) is 19.4. The number of benzene rings is 2. The van der Waals surface area contributed by atoms with E-state index in [0.29, 0.717) is 29.1 Å². The number of nitrogens with one attached hydrogen (secondary N) is 2. The number of carbonyl (C=O) groups excluding carboxylic acids is 2. The Labute approximate surface area is 201 Å². The van der Waals surface area contributed by atoms with Crippen molar-refractivity contribution in [3.05, 3.63) is 87.4 Å². The van der Waals surface area contributed by atoms with Gasteiger partial charge in [-0.25, -0.2) is 9.82 Å². The van der Waals surface area contributed by atoms with E-state index in [2.05, 4.69) is 15.8 Å². The van der Waals surface area contributed by atoms with Crippen molar-refractivity contribution in [1.82, 2.24) is 10.7 Å². The molecule has 3 aromatic rings. The van der Waals surface area contributed by atoms with Gasteiger partial charge < -0.3 is 9.73 Å². The number of nitrogens with zero attached hydrogens (tertiary/aromatic N) is 2. The molecule has 35 heavy (non-hydrogen) atoms. The van der Waals surface area contributed by atoms with Gasteiger partial charge in [0.25, 0.3) is 17.5 Å². The van der Waals surface area contributed by atoms with Gasteiger partial charge in [0, 0.05) is 22.8 Å². The third-order valence-electron chi connectivity index (χ3n) is 5.20. The first-order valence-electron chi connectivity index (χ1n) is 10.9. The van der Waals surface area contributed by atoms with Crippen molar-refractivity contribution < 1.29 is 23.3 Å². The molecule has 2 N–H and O–H groups in total. The minimum absolute atomic E-state index is 0.0136. The van der Waals surface area contributed by atoms with Crippen molar-refractivity contribution >= 4 is 23.7 Å². The predicted molar refractivity (Wildman–Crippen MR) is 128 cm³/mol. The SMILES string of the molecule is Cc1c(-c2ccc(/C=N\NC(=O)[C@H](CC(C)C)NC(=O)c3ccc(F)cc3)o2)cccc1[N+](=O)[O-]. The highest BCUT2D eigenvalue weighted by atomic mass is 19.1. The first-order valence-corrected chi connectivity index (χ1v) is 10.9. The molecule has 3 rings (SSSR count). The topological polar surface area (TPSA) is 127 Å². The molecule has 0 aliphatic rings. The molecule has 0 unspecified atom stereocenters. The molecule has 0 saturated carbocycles. The summed E-state index contributed by atoms with van der Waals surface area (Å²) in [6, 6.07) is 12.1. The van der Waals surface area contributed by atoms with Gasteiger partial charge in [0.1, 0.15) is 23.4 Å².